The number of nitrogens with zero attached hydrogens (tertiary/aromatic N) is 6. The van der Waals surface area contributed by atoms with Gasteiger partial charge in [0.1, 0.15) is 5.69 Å². The van der Waals surface area contributed by atoms with Gasteiger partial charge in [-0.1, -0.05) is 30.3 Å². The molecule has 0 saturated heterocycles. The van der Waals surface area contributed by atoms with E-state index in [1.54, 1.807) is 35.3 Å². The number of hydrogen-bond acceptors (Lipinski definition) is 7. The first-order valence-electron chi connectivity index (χ1n) is 10.0. The molecule has 2 aromatic carbocycles. The molecule has 0 aliphatic heterocycles. The van der Waals surface area contributed by atoms with E-state index in [4.69, 9.17) is 10.8 Å². The van der Waals surface area contributed by atoms with Crippen molar-refractivity contribution in [3.63, 3.8) is 0 Å². The summed E-state index contributed by atoms with van der Waals surface area (Å²) in [5.41, 5.74) is 10.6. The summed E-state index contributed by atoms with van der Waals surface area (Å²) in [6.07, 6.45) is 5.21. The number of nitro benzene ring substituents is 1. The van der Waals surface area contributed by atoms with E-state index >= 15 is 0 Å². The molecule has 2 N–H and O–H groups in total. The summed E-state index contributed by atoms with van der Waals surface area (Å²) >= 11 is 0. The van der Waals surface area contributed by atoms with Crippen molar-refractivity contribution in [1.29, 1.82) is 0 Å². The van der Waals surface area contributed by atoms with E-state index in [0.717, 1.165) is 11.3 Å². The monoisotopic (exact) mass is 435 g/mol. The first-order valence-corrected chi connectivity index (χ1v) is 10.0. The molecule has 0 amide bonds. The maximum Gasteiger partial charge on any atom is 0.270 e. The van der Waals surface area contributed by atoms with Crippen LogP contribution < -0.4 is 5.73 Å². The number of non-ortho nitro benzene ring substituents is 1. The molecule has 9 nitrogen and oxygen atoms in total. The van der Waals surface area contributed by atoms with Gasteiger partial charge in [-0.2, -0.15) is 5.10 Å². The molecule has 0 unspecified atom stereocenters. The zero-order chi connectivity index (χ0) is 22.8. The third kappa shape index (κ3) is 4.02. The molecule has 0 atom stereocenters. The molecule has 0 fully saturated rings. The predicted octanol–water partition coefficient (Wildman–Crippen LogP) is 4.55. The number of aromatic nitrogens is 5. The van der Waals surface area contributed by atoms with Crippen LogP contribution in [-0.4, -0.2) is 29.7 Å². The molecular formula is C24H17N7O2. The van der Waals surface area contributed by atoms with Crippen LogP contribution in [0.15, 0.2) is 91.4 Å². The first kappa shape index (κ1) is 20.0. The Bertz CT molecular complexity index is 1450. The summed E-state index contributed by atoms with van der Waals surface area (Å²) in [5.74, 6) is 0.101. The van der Waals surface area contributed by atoms with Gasteiger partial charge in [-0.25, -0.2) is 14.6 Å². The number of benzene rings is 2. The molecule has 5 rings (SSSR count). The summed E-state index contributed by atoms with van der Waals surface area (Å²) in [4.78, 5) is 23.8. The minimum Gasteiger partial charge on any atom is -0.368 e. The van der Waals surface area contributed by atoms with Crippen LogP contribution in [0.2, 0.25) is 0 Å². The Morgan fingerprint density at radius 3 is 2.42 bits per heavy atom. The Kier molecular flexibility index (Phi) is 5.04. The van der Waals surface area contributed by atoms with Gasteiger partial charge in [-0.15, -0.1) is 0 Å². The van der Waals surface area contributed by atoms with Gasteiger partial charge in [0, 0.05) is 47.4 Å². The van der Waals surface area contributed by atoms with Crippen molar-refractivity contribution in [2.75, 3.05) is 5.73 Å². The van der Waals surface area contributed by atoms with E-state index < -0.39 is 4.92 Å². The Labute approximate surface area is 188 Å². The molecule has 3 heterocycles. The molecule has 160 valence electrons. The zero-order valence-electron chi connectivity index (χ0n) is 17.2. The summed E-state index contributed by atoms with van der Waals surface area (Å²) in [6, 6.07) is 21.4. The minimum absolute atomic E-state index is 0.0223. The molecule has 33 heavy (non-hydrogen) atoms. The third-order valence-corrected chi connectivity index (χ3v) is 5.04. The predicted molar refractivity (Wildman–Crippen MR) is 124 cm³/mol. The van der Waals surface area contributed by atoms with Gasteiger partial charge in [0.2, 0.25) is 5.95 Å². The van der Waals surface area contributed by atoms with Gasteiger partial charge in [0.25, 0.3) is 5.69 Å². The normalized spacial score (nSPS) is 10.8. The second kappa shape index (κ2) is 8.31. The van der Waals surface area contributed by atoms with E-state index in [9.17, 15) is 10.1 Å². The fourth-order valence-corrected chi connectivity index (χ4v) is 3.52. The first-order chi connectivity index (χ1) is 16.1. The molecule has 3 aromatic heterocycles. The van der Waals surface area contributed by atoms with Crippen molar-refractivity contribution in [1.82, 2.24) is 24.7 Å². The lowest BCUT2D eigenvalue weighted by atomic mass is 10.0. The molecule has 0 aliphatic carbocycles. The van der Waals surface area contributed by atoms with Crippen molar-refractivity contribution in [2.24, 2.45) is 0 Å². The number of rotatable bonds is 5. The quantitative estimate of drug-likeness (QED) is 0.317. The minimum atomic E-state index is -0.430. The fraction of sp³-hybridized carbons (Fsp3) is 0. The van der Waals surface area contributed by atoms with Crippen LogP contribution in [0.5, 0.6) is 0 Å². The van der Waals surface area contributed by atoms with Crippen molar-refractivity contribution in [2.45, 2.75) is 0 Å². The van der Waals surface area contributed by atoms with Crippen LogP contribution in [0.3, 0.4) is 0 Å². The molecule has 0 radical (unpaired) electrons. The second-order valence-electron chi connectivity index (χ2n) is 7.22. The van der Waals surface area contributed by atoms with Crippen LogP contribution >= 0.6 is 0 Å². The standard InChI is InChI=1S/C24H17N7O2/c25-24-27-21(17-7-5-11-26-14-17)13-22(28-24)20-15-30(18-8-2-1-3-9-18)29-23(20)16-6-4-10-19(12-16)31(32)33/h1-15H,(H2,25,27,28). The van der Waals surface area contributed by atoms with Crippen molar-refractivity contribution < 1.29 is 4.92 Å². The molecule has 0 aliphatic rings. The van der Waals surface area contributed by atoms with Gasteiger partial charge < -0.3 is 5.73 Å². The zero-order valence-corrected chi connectivity index (χ0v) is 17.2. The van der Waals surface area contributed by atoms with Crippen molar-refractivity contribution in [3.05, 3.63) is 102 Å². The number of hydrogen-bond donors (Lipinski definition) is 1. The van der Waals surface area contributed by atoms with Crippen LogP contribution in [0, 0.1) is 10.1 Å². The van der Waals surface area contributed by atoms with Gasteiger partial charge in [0.05, 0.1) is 22.0 Å². The summed E-state index contributed by atoms with van der Waals surface area (Å²) in [7, 11) is 0. The SMILES string of the molecule is Nc1nc(-c2cccnc2)cc(-c2cn(-c3ccccc3)nc2-c2cccc([N+](=O)[O-])c2)n1. The maximum atomic E-state index is 11.3. The van der Waals surface area contributed by atoms with Gasteiger partial charge >= 0.3 is 0 Å². The van der Waals surface area contributed by atoms with E-state index in [0.29, 0.717) is 28.2 Å². The highest BCUT2D eigenvalue weighted by atomic mass is 16.6. The van der Waals surface area contributed by atoms with Gasteiger partial charge in [0.15, 0.2) is 0 Å². The molecule has 0 spiro atoms. The number of nitrogen functional groups attached to an aromatic ring is 1. The highest BCUT2D eigenvalue weighted by Crippen LogP contribution is 2.34. The lowest BCUT2D eigenvalue weighted by Gasteiger charge is -2.06. The number of para-hydroxylation sites is 1. The van der Waals surface area contributed by atoms with Crippen LogP contribution in [-0.2, 0) is 0 Å². The van der Waals surface area contributed by atoms with E-state index in [1.165, 1.54) is 12.1 Å². The van der Waals surface area contributed by atoms with Crippen molar-refractivity contribution in [3.8, 4) is 39.5 Å². The maximum absolute atomic E-state index is 11.3. The number of nitrogens with two attached hydrogens (primary N) is 1. The molecular weight excluding hydrogens is 418 g/mol. The van der Waals surface area contributed by atoms with Crippen LogP contribution in [0.1, 0.15) is 0 Å². The average Bonchev–Trinajstić information content (AvgIpc) is 3.31. The van der Waals surface area contributed by atoms with E-state index in [2.05, 4.69) is 15.0 Å². The number of nitro groups is 1. The van der Waals surface area contributed by atoms with E-state index in [-0.39, 0.29) is 11.6 Å². The largest absolute Gasteiger partial charge is 0.368 e. The molecule has 0 saturated carbocycles. The Balaban J connectivity index is 1.72. The molecule has 5 aromatic rings. The topological polar surface area (TPSA) is 126 Å². The van der Waals surface area contributed by atoms with E-state index in [1.807, 2.05) is 48.7 Å². The summed E-state index contributed by atoms with van der Waals surface area (Å²) in [6.45, 7) is 0. The van der Waals surface area contributed by atoms with Gasteiger partial charge in [-0.05, 0) is 30.3 Å². The highest BCUT2D eigenvalue weighted by Gasteiger charge is 2.19. The molecule has 9 heteroatoms. The lowest BCUT2D eigenvalue weighted by Crippen LogP contribution is -1.99. The van der Waals surface area contributed by atoms with Crippen LogP contribution in [0.25, 0.3) is 39.5 Å². The lowest BCUT2D eigenvalue weighted by molar-refractivity contribution is -0.384. The Hall–Kier alpha value is -4.92. The number of anilines is 1. The average molecular weight is 435 g/mol. The number of pyridine rings is 1. The Morgan fingerprint density at radius 1 is 0.879 bits per heavy atom. The fourth-order valence-electron chi connectivity index (χ4n) is 3.52. The summed E-state index contributed by atoms with van der Waals surface area (Å²) < 4.78 is 1.71. The highest BCUT2D eigenvalue weighted by molar-refractivity contribution is 5.81. The third-order valence-electron chi connectivity index (χ3n) is 5.04. The Morgan fingerprint density at radius 2 is 1.67 bits per heavy atom. The van der Waals surface area contributed by atoms with Gasteiger partial charge in [-0.3, -0.25) is 15.1 Å². The van der Waals surface area contributed by atoms with Crippen LogP contribution in [0.4, 0.5) is 11.6 Å². The smallest absolute Gasteiger partial charge is 0.270 e. The van der Waals surface area contributed by atoms with Crippen molar-refractivity contribution >= 4 is 11.6 Å². The summed E-state index contributed by atoms with van der Waals surface area (Å²) in [5, 5.41) is 16.1. The second-order valence-corrected chi connectivity index (χ2v) is 7.22. The molecule has 0 bridgehead atoms.